The molecule has 14 heavy (non-hydrogen) atoms. The summed E-state index contributed by atoms with van der Waals surface area (Å²) in [5.74, 6) is 1.57. The van der Waals surface area contributed by atoms with Crippen molar-refractivity contribution >= 4 is 17.7 Å². The van der Waals surface area contributed by atoms with E-state index in [4.69, 9.17) is 4.74 Å². The SMILES string of the molecule is COC(=O)C(NCCCSC)C1CC1. The van der Waals surface area contributed by atoms with Crippen molar-refractivity contribution in [2.24, 2.45) is 5.92 Å². The zero-order valence-corrected chi connectivity index (χ0v) is 9.73. The molecule has 1 aliphatic carbocycles. The standard InChI is InChI=1S/C10H19NO2S/c1-13-10(12)9(8-4-5-8)11-6-3-7-14-2/h8-9,11H,3-7H2,1-2H3. The molecule has 1 fully saturated rings. The van der Waals surface area contributed by atoms with Gasteiger partial charge in [-0.3, -0.25) is 4.79 Å². The van der Waals surface area contributed by atoms with Crippen LogP contribution in [0, 0.1) is 5.92 Å². The number of ether oxygens (including phenoxy) is 1. The summed E-state index contributed by atoms with van der Waals surface area (Å²) in [4.78, 5) is 11.4. The average molecular weight is 217 g/mol. The van der Waals surface area contributed by atoms with Crippen LogP contribution in [0.4, 0.5) is 0 Å². The van der Waals surface area contributed by atoms with Gasteiger partial charge in [-0.05, 0) is 43.7 Å². The van der Waals surface area contributed by atoms with Gasteiger partial charge in [0.1, 0.15) is 6.04 Å². The first-order chi connectivity index (χ1) is 6.79. The van der Waals surface area contributed by atoms with Crippen molar-refractivity contribution in [1.82, 2.24) is 5.32 Å². The third-order valence-electron chi connectivity index (χ3n) is 2.44. The molecule has 0 spiro atoms. The third-order valence-corrected chi connectivity index (χ3v) is 3.13. The van der Waals surface area contributed by atoms with E-state index in [0.29, 0.717) is 5.92 Å². The van der Waals surface area contributed by atoms with E-state index in [2.05, 4.69) is 11.6 Å². The summed E-state index contributed by atoms with van der Waals surface area (Å²) in [6.07, 6.45) is 5.53. The van der Waals surface area contributed by atoms with E-state index in [-0.39, 0.29) is 12.0 Å². The number of esters is 1. The van der Waals surface area contributed by atoms with E-state index in [1.54, 1.807) is 0 Å². The third kappa shape index (κ3) is 3.88. The number of carbonyl (C=O) groups is 1. The van der Waals surface area contributed by atoms with Crippen molar-refractivity contribution < 1.29 is 9.53 Å². The van der Waals surface area contributed by atoms with Crippen LogP contribution >= 0.6 is 11.8 Å². The number of thioether (sulfide) groups is 1. The smallest absolute Gasteiger partial charge is 0.323 e. The molecular weight excluding hydrogens is 198 g/mol. The molecule has 1 atom stereocenters. The van der Waals surface area contributed by atoms with Crippen LogP contribution in [-0.4, -0.2) is 37.7 Å². The van der Waals surface area contributed by atoms with Crippen molar-refractivity contribution in [1.29, 1.82) is 0 Å². The molecule has 1 aliphatic rings. The van der Waals surface area contributed by atoms with Crippen LogP contribution < -0.4 is 5.32 Å². The molecular formula is C10H19NO2S. The predicted octanol–water partition coefficient (Wildman–Crippen LogP) is 1.28. The predicted molar refractivity (Wildman–Crippen MR) is 59.5 cm³/mol. The van der Waals surface area contributed by atoms with Crippen molar-refractivity contribution in [3.05, 3.63) is 0 Å². The first kappa shape index (κ1) is 11.9. The van der Waals surface area contributed by atoms with E-state index >= 15 is 0 Å². The Hall–Kier alpha value is -0.220. The van der Waals surface area contributed by atoms with E-state index in [1.807, 2.05) is 11.8 Å². The molecule has 1 rings (SSSR count). The van der Waals surface area contributed by atoms with E-state index in [1.165, 1.54) is 7.11 Å². The highest BCUT2D eigenvalue weighted by Crippen LogP contribution is 2.33. The quantitative estimate of drug-likeness (QED) is 0.515. The van der Waals surface area contributed by atoms with Crippen molar-refractivity contribution in [3.8, 4) is 0 Å². The zero-order chi connectivity index (χ0) is 10.4. The summed E-state index contributed by atoms with van der Waals surface area (Å²) in [5.41, 5.74) is 0. The second-order valence-electron chi connectivity index (χ2n) is 3.64. The summed E-state index contributed by atoms with van der Waals surface area (Å²) < 4.78 is 4.76. The summed E-state index contributed by atoms with van der Waals surface area (Å²) in [6.45, 7) is 0.914. The van der Waals surface area contributed by atoms with Gasteiger partial charge in [-0.1, -0.05) is 0 Å². The Morgan fingerprint density at radius 3 is 2.86 bits per heavy atom. The molecule has 4 heteroatoms. The van der Waals surface area contributed by atoms with Crippen LogP contribution in [0.15, 0.2) is 0 Å². The zero-order valence-electron chi connectivity index (χ0n) is 8.91. The number of hydrogen-bond acceptors (Lipinski definition) is 4. The molecule has 0 radical (unpaired) electrons. The van der Waals surface area contributed by atoms with Gasteiger partial charge in [-0.15, -0.1) is 0 Å². The summed E-state index contributed by atoms with van der Waals surface area (Å²) in [5, 5.41) is 3.28. The van der Waals surface area contributed by atoms with Crippen LogP contribution in [0.3, 0.4) is 0 Å². The Morgan fingerprint density at radius 1 is 1.64 bits per heavy atom. The van der Waals surface area contributed by atoms with Gasteiger partial charge < -0.3 is 10.1 Å². The Bertz CT molecular complexity index is 183. The topological polar surface area (TPSA) is 38.3 Å². The molecule has 1 N–H and O–H groups in total. The van der Waals surface area contributed by atoms with Gasteiger partial charge in [0.2, 0.25) is 0 Å². The lowest BCUT2D eigenvalue weighted by atomic mass is 10.2. The van der Waals surface area contributed by atoms with Gasteiger partial charge >= 0.3 is 5.97 Å². The average Bonchev–Trinajstić information content (AvgIpc) is 3.01. The summed E-state index contributed by atoms with van der Waals surface area (Å²) in [7, 11) is 1.46. The lowest BCUT2D eigenvalue weighted by Crippen LogP contribution is -2.40. The van der Waals surface area contributed by atoms with Gasteiger partial charge in [0.15, 0.2) is 0 Å². The fourth-order valence-electron chi connectivity index (χ4n) is 1.47. The largest absolute Gasteiger partial charge is 0.468 e. The highest BCUT2D eigenvalue weighted by Gasteiger charge is 2.36. The maximum Gasteiger partial charge on any atom is 0.323 e. The van der Waals surface area contributed by atoms with Gasteiger partial charge in [-0.25, -0.2) is 0 Å². The molecule has 0 aromatic heterocycles. The van der Waals surface area contributed by atoms with Crippen LogP contribution in [0.2, 0.25) is 0 Å². The molecule has 0 aliphatic heterocycles. The summed E-state index contributed by atoms with van der Waals surface area (Å²) >= 11 is 1.84. The Morgan fingerprint density at radius 2 is 2.36 bits per heavy atom. The first-order valence-corrected chi connectivity index (χ1v) is 6.49. The van der Waals surface area contributed by atoms with Gasteiger partial charge in [0.25, 0.3) is 0 Å². The summed E-state index contributed by atoms with van der Waals surface area (Å²) in [6, 6.07) is -0.0538. The maximum absolute atomic E-state index is 11.4. The molecule has 0 aromatic rings. The number of hydrogen-bond donors (Lipinski definition) is 1. The minimum absolute atomic E-state index is 0.0538. The second-order valence-corrected chi connectivity index (χ2v) is 4.62. The van der Waals surface area contributed by atoms with E-state index < -0.39 is 0 Å². The van der Waals surface area contributed by atoms with Crippen LogP contribution in [0.5, 0.6) is 0 Å². The van der Waals surface area contributed by atoms with Crippen LogP contribution in [0.25, 0.3) is 0 Å². The normalized spacial score (nSPS) is 17.9. The molecule has 0 amide bonds. The van der Waals surface area contributed by atoms with E-state index in [9.17, 15) is 4.79 Å². The van der Waals surface area contributed by atoms with Crippen LogP contribution in [0.1, 0.15) is 19.3 Å². The number of carbonyl (C=O) groups excluding carboxylic acids is 1. The van der Waals surface area contributed by atoms with Crippen LogP contribution in [-0.2, 0) is 9.53 Å². The van der Waals surface area contributed by atoms with Crippen molar-refractivity contribution in [2.45, 2.75) is 25.3 Å². The van der Waals surface area contributed by atoms with Gasteiger partial charge in [0, 0.05) is 0 Å². The fraction of sp³-hybridized carbons (Fsp3) is 0.900. The fourth-order valence-corrected chi connectivity index (χ4v) is 1.91. The Balaban J connectivity index is 2.18. The highest BCUT2D eigenvalue weighted by molar-refractivity contribution is 7.98. The monoisotopic (exact) mass is 217 g/mol. The Kier molecular flexibility index (Phi) is 5.33. The van der Waals surface area contributed by atoms with E-state index in [0.717, 1.165) is 31.6 Å². The lowest BCUT2D eigenvalue weighted by molar-refractivity contribution is -0.143. The van der Waals surface area contributed by atoms with Gasteiger partial charge in [0.05, 0.1) is 7.11 Å². The molecule has 0 aromatic carbocycles. The molecule has 0 heterocycles. The molecule has 3 nitrogen and oxygen atoms in total. The van der Waals surface area contributed by atoms with Crippen molar-refractivity contribution in [3.63, 3.8) is 0 Å². The number of methoxy groups -OCH3 is 1. The number of nitrogens with one attached hydrogen (secondary N) is 1. The molecule has 1 saturated carbocycles. The molecule has 0 bridgehead atoms. The van der Waals surface area contributed by atoms with Gasteiger partial charge in [-0.2, -0.15) is 11.8 Å². The first-order valence-electron chi connectivity index (χ1n) is 5.09. The minimum Gasteiger partial charge on any atom is -0.468 e. The molecule has 0 saturated heterocycles. The Labute approximate surface area is 90.0 Å². The molecule has 1 unspecified atom stereocenters. The minimum atomic E-state index is -0.100. The number of rotatable bonds is 7. The highest BCUT2D eigenvalue weighted by atomic mass is 32.2. The van der Waals surface area contributed by atoms with Crippen molar-refractivity contribution in [2.75, 3.05) is 25.7 Å². The second kappa shape index (κ2) is 6.30. The molecule has 82 valence electrons. The lowest BCUT2D eigenvalue weighted by Gasteiger charge is -2.15. The maximum atomic E-state index is 11.4.